The van der Waals surface area contributed by atoms with Gasteiger partial charge in [-0.15, -0.1) is 0 Å². The normalized spacial score (nSPS) is 29.3. The maximum Gasteiger partial charge on any atom is 0.242 e. The number of imide groups is 1. The number of amides is 3. The Kier molecular flexibility index (Phi) is 5.17. The molecule has 1 aliphatic carbocycles. The predicted molar refractivity (Wildman–Crippen MR) is 124 cm³/mol. The van der Waals surface area contributed by atoms with E-state index in [0.717, 1.165) is 9.37 Å². The summed E-state index contributed by atoms with van der Waals surface area (Å²) in [6.07, 6.45) is 0. The molecule has 32 heavy (non-hydrogen) atoms. The average molecular weight is 538 g/mol. The molecule has 0 spiro atoms. The van der Waals surface area contributed by atoms with E-state index in [1.54, 1.807) is 11.8 Å². The van der Waals surface area contributed by atoms with Crippen LogP contribution in [0.1, 0.15) is 12.5 Å². The van der Waals surface area contributed by atoms with Gasteiger partial charge in [0.05, 0.1) is 30.2 Å². The zero-order valence-electron chi connectivity index (χ0n) is 17.1. The smallest absolute Gasteiger partial charge is 0.242 e. The van der Waals surface area contributed by atoms with Crippen molar-refractivity contribution in [2.75, 3.05) is 31.2 Å². The van der Waals surface area contributed by atoms with Gasteiger partial charge >= 0.3 is 0 Å². The van der Waals surface area contributed by atoms with Crippen LogP contribution in [-0.4, -0.2) is 48.9 Å². The summed E-state index contributed by atoms with van der Waals surface area (Å²) in [4.78, 5) is 44.1. The van der Waals surface area contributed by atoms with Crippen LogP contribution in [0, 0.1) is 11.3 Å². The number of anilines is 1. The number of carbonyl (C=O) groups excluding carboxylic acids is 3. The highest BCUT2D eigenvalue weighted by atomic mass is 79.9. The number of hydrogen-bond acceptors (Lipinski definition) is 4. The summed E-state index contributed by atoms with van der Waals surface area (Å²) < 4.78 is 6.24. The van der Waals surface area contributed by atoms with Crippen molar-refractivity contribution in [1.29, 1.82) is 0 Å². The second kappa shape index (κ2) is 7.55. The number of morpholine rings is 1. The highest BCUT2D eigenvalue weighted by molar-refractivity contribution is 9.10. The standard InChI is InChI=1S/C23H19BrCl2N2O4/c1-22-18(19(29)28(20(22)30)17-11-15(25)10-16(26)12-17)23(22,13-2-4-14(24)5-3-13)21(31)27-6-8-32-9-7-27/h2-5,10-12,18H,6-9H2,1H3/t18-,22-,23-/m0/s1. The third kappa shape index (κ3) is 2.84. The molecule has 3 amide bonds. The van der Waals surface area contributed by atoms with Gasteiger partial charge in [-0.1, -0.05) is 51.3 Å². The van der Waals surface area contributed by atoms with E-state index in [1.807, 2.05) is 24.3 Å². The summed E-state index contributed by atoms with van der Waals surface area (Å²) in [5.74, 6) is -1.85. The van der Waals surface area contributed by atoms with E-state index in [4.69, 9.17) is 27.9 Å². The first-order valence-electron chi connectivity index (χ1n) is 10.2. The number of hydrogen-bond donors (Lipinski definition) is 0. The molecule has 3 aliphatic rings. The molecule has 9 heteroatoms. The van der Waals surface area contributed by atoms with Crippen LogP contribution in [0.25, 0.3) is 0 Å². The number of ether oxygens (including phenoxy) is 1. The van der Waals surface area contributed by atoms with Crippen molar-refractivity contribution in [1.82, 2.24) is 4.90 Å². The fourth-order valence-corrected chi connectivity index (χ4v) is 6.16. The van der Waals surface area contributed by atoms with Crippen LogP contribution in [-0.2, 0) is 24.5 Å². The molecule has 1 saturated carbocycles. The van der Waals surface area contributed by atoms with Crippen molar-refractivity contribution < 1.29 is 19.1 Å². The minimum Gasteiger partial charge on any atom is -0.378 e. The van der Waals surface area contributed by atoms with Gasteiger partial charge in [0.15, 0.2) is 0 Å². The molecule has 0 radical (unpaired) electrons. The first kappa shape index (κ1) is 21.9. The molecule has 2 aromatic carbocycles. The fourth-order valence-electron chi connectivity index (χ4n) is 5.38. The van der Waals surface area contributed by atoms with Crippen LogP contribution in [0.15, 0.2) is 46.9 Å². The maximum absolute atomic E-state index is 13.9. The Morgan fingerprint density at radius 2 is 1.66 bits per heavy atom. The van der Waals surface area contributed by atoms with E-state index in [2.05, 4.69) is 15.9 Å². The Bertz CT molecular complexity index is 1130. The molecular formula is C23H19BrCl2N2O4. The third-order valence-electron chi connectivity index (χ3n) is 6.90. The quantitative estimate of drug-likeness (QED) is 0.554. The van der Waals surface area contributed by atoms with E-state index >= 15 is 0 Å². The second-order valence-corrected chi connectivity index (χ2v) is 10.2. The molecule has 3 atom stereocenters. The van der Waals surface area contributed by atoms with E-state index in [1.165, 1.54) is 18.2 Å². The summed E-state index contributed by atoms with van der Waals surface area (Å²) in [6, 6.07) is 11.9. The van der Waals surface area contributed by atoms with Gasteiger partial charge in [0.25, 0.3) is 0 Å². The Balaban J connectivity index is 1.61. The monoisotopic (exact) mass is 536 g/mol. The molecule has 0 unspecified atom stereocenters. The highest BCUT2D eigenvalue weighted by Crippen LogP contribution is 2.74. The molecular weight excluding hydrogens is 519 g/mol. The lowest BCUT2D eigenvalue weighted by Crippen LogP contribution is -2.52. The molecule has 166 valence electrons. The molecule has 0 aromatic heterocycles. The lowest BCUT2D eigenvalue weighted by molar-refractivity contribution is -0.143. The average Bonchev–Trinajstić information content (AvgIpc) is 3.28. The number of nitrogens with zero attached hydrogens (tertiary/aromatic N) is 2. The van der Waals surface area contributed by atoms with Crippen LogP contribution in [0.5, 0.6) is 0 Å². The summed E-state index contributed by atoms with van der Waals surface area (Å²) >= 11 is 15.6. The van der Waals surface area contributed by atoms with Crippen LogP contribution < -0.4 is 4.90 Å². The zero-order valence-corrected chi connectivity index (χ0v) is 20.2. The number of fused-ring (bicyclic) bond motifs is 1. The zero-order chi connectivity index (χ0) is 22.8. The summed E-state index contributed by atoms with van der Waals surface area (Å²) in [6.45, 7) is 3.42. The molecule has 2 aliphatic heterocycles. The first-order valence-corrected chi connectivity index (χ1v) is 11.8. The van der Waals surface area contributed by atoms with Crippen LogP contribution in [0.4, 0.5) is 5.69 Å². The molecule has 2 saturated heterocycles. The van der Waals surface area contributed by atoms with Gasteiger partial charge in [0.2, 0.25) is 17.7 Å². The maximum atomic E-state index is 13.9. The van der Waals surface area contributed by atoms with Gasteiger partial charge in [0, 0.05) is 27.6 Å². The van der Waals surface area contributed by atoms with Gasteiger partial charge in [0.1, 0.15) is 5.41 Å². The summed E-state index contributed by atoms with van der Waals surface area (Å²) in [5.41, 5.74) is -1.48. The molecule has 0 N–H and O–H groups in total. The van der Waals surface area contributed by atoms with Gasteiger partial charge in [-0.25, -0.2) is 4.90 Å². The number of benzene rings is 2. The van der Waals surface area contributed by atoms with E-state index in [0.29, 0.717) is 47.6 Å². The van der Waals surface area contributed by atoms with Crippen molar-refractivity contribution in [2.45, 2.75) is 12.3 Å². The molecule has 0 bridgehead atoms. The van der Waals surface area contributed by atoms with Crippen LogP contribution >= 0.6 is 39.1 Å². The lowest BCUT2D eigenvalue weighted by atomic mass is 9.83. The second-order valence-electron chi connectivity index (χ2n) is 8.46. The van der Waals surface area contributed by atoms with Gasteiger partial charge in [-0.05, 0) is 42.8 Å². The molecule has 6 nitrogen and oxygen atoms in total. The minimum atomic E-state index is -1.25. The molecule has 5 rings (SSSR count). The largest absolute Gasteiger partial charge is 0.378 e. The van der Waals surface area contributed by atoms with Crippen LogP contribution in [0.2, 0.25) is 10.0 Å². The lowest BCUT2D eigenvalue weighted by Gasteiger charge is -2.35. The Labute approximate surface area is 203 Å². The Hall–Kier alpha value is -1.93. The van der Waals surface area contributed by atoms with E-state index in [-0.39, 0.29) is 5.91 Å². The van der Waals surface area contributed by atoms with Crippen molar-refractivity contribution in [3.63, 3.8) is 0 Å². The summed E-state index contributed by atoms with van der Waals surface area (Å²) in [7, 11) is 0. The van der Waals surface area contributed by atoms with E-state index < -0.39 is 28.6 Å². The number of halogens is 3. The summed E-state index contributed by atoms with van der Waals surface area (Å²) in [5, 5.41) is 0.643. The number of rotatable bonds is 3. The Morgan fingerprint density at radius 3 is 2.19 bits per heavy atom. The van der Waals surface area contributed by atoms with Crippen molar-refractivity contribution >= 4 is 62.5 Å². The molecule has 2 heterocycles. The first-order chi connectivity index (χ1) is 15.2. The van der Waals surface area contributed by atoms with Gasteiger partial charge in [-0.2, -0.15) is 0 Å². The number of piperidine rings is 1. The highest BCUT2D eigenvalue weighted by Gasteiger charge is 2.90. The minimum absolute atomic E-state index is 0.207. The molecule has 3 fully saturated rings. The van der Waals surface area contributed by atoms with Gasteiger partial charge in [-0.3, -0.25) is 14.4 Å². The fraction of sp³-hybridized carbons (Fsp3) is 0.348. The number of carbonyl (C=O) groups is 3. The van der Waals surface area contributed by atoms with Crippen molar-refractivity contribution in [2.24, 2.45) is 11.3 Å². The SMILES string of the molecule is C[C@@]12C(=O)N(c3cc(Cl)cc(Cl)c3)C(=O)[C@@H]1[C@]2(C(=O)N1CCOCC1)c1ccc(Br)cc1. The van der Waals surface area contributed by atoms with Crippen molar-refractivity contribution in [3.05, 3.63) is 62.5 Å². The van der Waals surface area contributed by atoms with Gasteiger partial charge < -0.3 is 9.64 Å². The predicted octanol–water partition coefficient (Wildman–Crippen LogP) is 4.06. The van der Waals surface area contributed by atoms with Crippen LogP contribution in [0.3, 0.4) is 0 Å². The molecule has 2 aromatic rings. The van der Waals surface area contributed by atoms with E-state index in [9.17, 15) is 14.4 Å². The topological polar surface area (TPSA) is 66.9 Å². The van der Waals surface area contributed by atoms with Crippen molar-refractivity contribution in [3.8, 4) is 0 Å². The third-order valence-corrected chi connectivity index (χ3v) is 7.87. The Morgan fingerprint density at radius 1 is 1.06 bits per heavy atom.